The Balaban J connectivity index is 1.78. The molecule has 0 saturated heterocycles. The van der Waals surface area contributed by atoms with Crippen LogP contribution in [-0.4, -0.2) is 37.9 Å². The minimum atomic E-state index is -4.10. The Morgan fingerprint density at radius 1 is 1.03 bits per heavy atom. The van der Waals surface area contributed by atoms with Gasteiger partial charge in [-0.2, -0.15) is 9.41 Å². The highest BCUT2D eigenvalue weighted by molar-refractivity contribution is 9.10. The van der Waals surface area contributed by atoms with Crippen molar-refractivity contribution in [1.29, 1.82) is 0 Å². The lowest BCUT2D eigenvalue weighted by molar-refractivity contribution is -0.121. The van der Waals surface area contributed by atoms with Gasteiger partial charge in [-0.05, 0) is 47.9 Å². The van der Waals surface area contributed by atoms with E-state index >= 15 is 0 Å². The number of rotatable bonds is 9. The Morgan fingerprint density at radius 2 is 1.79 bits per heavy atom. The Hall–Kier alpha value is -2.23. The van der Waals surface area contributed by atoms with E-state index in [0.717, 1.165) is 19.9 Å². The van der Waals surface area contributed by atoms with E-state index in [-0.39, 0.29) is 21.5 Å². The first-order valence-corrected chi connectivity index (χ1v) is 12.8. The molecule has 10 heteroatoms. The molecule has 0 radical (unpaired) electrons. The smallest absolute Gasteiger partial charge is 0.255 e. The molecule has 172 valence electrons. The molecule has 0 aromatic heterocycles. The fourth-order valence-corrected chi connectivity index (χ4v) is 5.51. The quantitative estimate of drug-likeness (QED) is 0.287. The molecule has 0 bridgehead atoms. The first-order valence-electron chi connectivity index (χ1n) is 9.82. The summed E-state index contributed by atoms with van der Waals surface area (Å²) in [4.78, 5) is 12.4. The minimum Gasteiger partial charge on any atom is -0.272 e. The molecule has 0 fully saturated rings. The fraction of sp³-hybridized carbons (Fsp3) is 0.130. The molecular formula is C23H20BrCl2N3O3S. The Labute approximate surface area is 211 Å². The standard InChI is InChI=1S/C23H20BrCl2N3O3S/c24-19-8-4-7-18(13-19)15-27-28-23(30)16-29(12-11-17-5-2-1-3-6-17)33(31,32)22-14-20(25)9-10-21(22)26/h1-10,13-15H,11-12,16H2,(H,28,30)/b27-15-. The van der Waals surface area contributed by atoms with Gasteiger partial charge in [-0.1, -0.05) is 81.6 Å². The summed E-state index contributed by atoms with van der Waals surface area (Å²) in [5, 5.41) is 4.18. The highest BCUT2D eigenvalue weighted by Gasteiger charge is 2.28. The van der Waals surface area contributed by atoms with E-state index in [9.17, 15) is 13.2 Å². The van der Waals surface area contributed by atoms with E-state index in [1.807, 2.05) is 54.6 Å². The van der Waals surface area contributed by atoms with Crippen LogP contribution >= 0.6 is 39.1 Å². The third-order valence-electron chi connectivity index (χ3n) is 4.58. The molecule has 0 aliphatic rings. The SMILES string of the molecule is O=C(CN(CCc1ccccc1)S(=O)(=O)c1cc(Cl)ccc1Cl)N/N=C\c1cccc(Br)c1. The molecule has 0 aliphatic carbocycles. The molecule has 33 heavy (non-hydrogen) atoms. The number of hydrazone groups is 1. The van der Waals surface area contributed by atoms with E-state index in [1.165, 1.54) is 24.4 Å². The summed E-state index contributed by atoms with van der Waals surface area (Å²) in [6, 6.07) is 20.9. The van der Waals surface area contributed by atoms with Gasteiger partial charge in [0.25, 0.3) is 5.91 Å². The van der Waals surface area contributed by atoms with Gasteiger partial charge in [-0.25, -0.2) is 13.8 Å². The fourth-order valence-electron chi connectivity index (χ4n) is 2.96. The Bertz CT molecular complexity index is 1250. The molecule has 0 unspecified atom stereocenters. The predicted molar refractivity (Wildman–Crippen MR) is 135 cm³/mol. The molecule has 3 aromatic rings. The van der Waals surface area contributed by atoms with Gasteiger partial charge in [0, 0.05) is 16.0 Å². The number of carbonyl (C=O) groups excluding carboxylic acids is 1. The third-order valence-corrected chi connectivity index (χ3v) is 7.63. The maximum absolute atomic E-state index is 13.4. The van der Waals surface area contributed by atoms with E-state index in [0.29, 0.717) is 6.42 Å². The number of nitrogens with zero attached hydrogens (tertiary/aromatic N) is 2. The molecule has 6 nitrogen and oxygen atoms in total. The van der Waals surface area contributed by atoms with Crippen LogP contribution in [0.15, 0.2) is 87.3 Å². The molecule has 0 spiro atoms. The summed E-state index contributed by atoms with van der Waals surface area (Å²) in [5.41, 5.74) is 4.08. The summed E-state index contributed by atoms with van der Waals surface area (Å²) >= 11 is 15.5. The summed E-state index contributed by atoms with van der Waals surface area (Å²) in [6.45, 7) is -0.369. The van der Waals surface area contributed by atoms with Crippen molar-refractivity contribution in [2.24, 2.45) is 5.10 Å². The molecule has 0 aliphatic heterocycles. The molecule has 3 aromatic carbocycles. The molecule has 0 atom stereocenters. The van der Waals surface area contributed by atoms with Crippen molar-refractivity contribution in [3.63, 3.8) is 0 Å². The zero-order valence-electron chi connectivity index (χ0n) is 17.3. The van der Waals surface area contributed by atoms with E-state index < -0.39 is 22.5 Å². The summed E-state index contributed by atoms with van der Waals surface area (Å²) in [7, 11) is -4.10. The third kappa shape index (κ3) is 7.38. The van der Waals surface area contributed by atoms with Crippen molar-refractivity contribution < 1.29 is 13.2 Å². The van der Waals surface area contributed by atoms with Crippen molar-refractivity contribution in [3.8, 4) is 0 Å². The van der Waals surface area contributed by atoms with Crippen molar-refractivity contribution in [1.82, 2.24) is 9.73 Å². The van der Waals surface area contributed by atoms with Crippen LogP contribution in [0.2, 0.25) is 10.0 Å². The average molecular weight is 569 g/mol. The minimum absolute atomic E-state index is 0.0252. The van der Waals surface area contributed by atoms with Crippen LogP contribution in [-0.2, 0) is 21.2 Å². The zero-order valence-corrected chi connectivity index (χ0v) is 21.2. The van der Waals surface area contributed by atoms with Gasteiger partial charge in [-0.3, -0.25) is 4.79 Å². The van der Waals surface area contributed by atoms with Crippen LogP contribution in [0.1, 0.15) is 11.1 Å². The number of hydrogen-bond donors (Lipinski definition) is 1. The molecule has 1 N–H and O–H groups in total. The summed E-state index contributed by atoms with van der Waals surface area (Å²) < 4.78 is 28.6. The first-order chi connectivity index (χ1) is 15.8. The molecule has 0 heterocycles. The highest BCUT2D eigenvalue weighted by Crippen LogP contribution is 2.28. The molecule has 0 saturated carbocycles. The highest BCUT2D eigenvalue weighted by atomic mass is 79.9. The lowest BCUT2D eigenvalue weighted by atomic mass is 10.1. The number of carbonyl (C=O) groups is 1. The van der Waals surface area contributed by atoms with Crippen molar-refractivity contribution >= 4 is 61.3 Å². The number of hydrogen-bond acceptors (Lipinski definition) is 4. The van der Waals surface area contributed by atoms with Crippen molar-refractivity contribution in [3.05, 3.63) is 98.4 Å². The monoisotopic (exact) mass is 567 g/mol. The lowest BCUT2D eigenvalue weighted by Gasteiger charge is -2.22. The molecule has 3 rings (SSSR count). The van der Waals surface area contributed by atoms with E-state index in [4.69, 9.17) is 23.2 Å². The summed E-state index contributed by atoms with van der Waals surface area (Å²) in [6.07, 6.45) is 1.88. The van der Waals surface area contributed by atoms with Gasteiger partial charge in [-0.15, -0.1) is 0 Å². The van der Waals surface area contributed by atoms with Crippen molar-refractivity contribution in [2.45, 2.75) is 11.3 Å². The van der Waals surface area contributed by atoms with Crippen LogP contribution in [0, 0.1) is 0 Å². The van der Waals surface area contributed by atoms with Crippen LogP contribution in [0.5, 0.6) is 0 Å². The summed E-state index contributed by atoms with van der Waals surface area (Å²) in [5.74, 6) is -0.587. The normalized spacial score (nSPS) is 11.8. The van der Waals surface area contributed by atoms with Gasteiger partial charge in [0.05, 0.1) is 17.8 Å². The van der Waals surface area contributed by atoms with E-state index in [2.05, 4.69) is 26.5 Å². The Morgan fingerprint density at radius 3 is 2.52 bits per heavy atom. The van der Waals surface area contributed by atoms with Gasteiger partial charge in [0.1, 0.15) is 4.90 Å². The number of nitrogens with one attached hydrogen (secondary N) is 1. The van der Waals surface area contributed by atoms with Crippen LogP contribution in [0.25, 0.3) is 0 Å². The number of halogens is 3. The van der Waals surface area contributed by atoms with Crippen molar-refractivity contribution in [2.75, 3.05) is 13.1 Å². The zero-order chi connectivity index (χ0) is 23.8. The Kier molecular flexibility index (Phi) is 9.05. The van der Waals surface area contributed by atoms with Gasteiger partial charge < -0.3 is 0 Å². The largest absolute Gasteiger partial charge is 0.272 e. The lowest BCUT2D eigenvalue weighted by Crippen LogP contribution is -2.40. The van der Waals surface area contributed by atoms with Crippen LogP contribution < -0.4 is 5.43 Å². The first kappa shape index (κ1) is 25.4. The average Bonchev–Trinajstić information content (AvgIpc) is 2.79. The number of benzene rings is 3. The molecular weight excluding hydrogens is 549 g/mol. The predicted octanol–water partition coefficient (Wildman–Crippen LogP) is 5.14. The molecule has 1 amide bonds. The number of sulfonamides is 1. The topological polar surface area (TPSA) is 78.8 Å². The second-order valence-corrected chi connectivity index (χ2v) is 10.7. The maximum Gasteiger partial charge on any atom is 0.255 e. The second kappa shape index (κ2) is 11.8. The van der Waals surface area contributed by atoms with Gasteiger partial charge in [0.2, 0.25) is 10.0 Å². The van der Waals surface area contributed by atoms with Gasteiger partial charge in [0.15, 0.2) is 0 Å². The van der Waals surface area contributed by atoms with Gasteiger partial charge >= 0.3 is 0 Å². The maximum atomic E-state index is 13.4. The van der Waals surface area contributed by atoms with Crippen LogP contribution in [0.3, 0.4) is 0 Å². The van der Waals surface area contributed by atoms with E-state index in [1.54, 1.807) is 0 Å². The second-order valence-electron chi connectivity index (χ2n) is 7.00. The number of amides is 1. The van der Waals surface area contributed by atoms with Crippen LogP contribution in [0.4, 0.5) is 0 Å².